The number of nitrogens with one attached hydrogen (secondary N) is 1. The highest BCUT2D eigenvalue weighted by molar-refractivity contribution is 5.90. The van der Waals surface area contributed by atoms with E-state index in [-0.39, 0.29) is 6.61 Å². The first-order chi connectivity index (χ1) is 16.0. The second kappa shape index (κ2) is 9.95. The zero-order valence-corrected chi connectivity index (χ0v) is 18.7. The topological polar surface area (TPSA) is 106 Å². The highest BCUT2D eigenvalue weighted by Crippen LogP contribution is 2.27. The summed E-state index contributed by atoms with van der Waals surface area (Å²) in [6.45, 7) is 0.596. The fourth-order valence-corrected chi connectivity index (χ4v) is 3.51. The lowest BCUT2D eigenvalue weighted by Crippen LogP contribution is -2.26. The molecule has 33 heavy (non-hydrogen) atoms. The number of amides is 1. The largest absolute Gasteiger partial charge is 0.445 e. The molecular weight excluding hydrogens is 416 g/mol. The number of carbonyl (C=O) groups is 1. The third-order valence-corrected chi connectivity index (χ3v) is 5.27. The first kappa shape index (κ1) is 22.0. The van der Waals surface area contributed by atoms with E-state index in [2.05, 4.69) is 15.3 Å². The Morgan fingerprint density at radius 1 is 1.06 bits per heavy atom. The summed E-state index contributed by atoms with van der Waals surface area (Å²) in [6.07, 6.45) is 1.47. The molecule has 4 rings (SSSR count). The fourth-order valence-electron chi connectivity index (χ4n) is 3.51. The van der Waals surface area contributed by atoms with Crippen LogP contribution < -0.4 is 16.0 Å². The van der Waals surface area contributed by atoms with Crippen LogP contribution in [0, 0.1) is 0 Å². The molecule has 3 N–H and O–H groups in total. The van der Waals surface area contributed by atoms with Crippen LogP contribution in [0.1, 0.15) is 11.1 Å². The number of hydrogen-bond acceptors (Lipinski definition) is 7. The van der Waals surface area contributed by atoms with Gasteiger partial charge in [-0.05, 0) is 35.7 Å². The standard InChI is InChI=1S/C25H26N6O2/c1-31(2)20-10-8-18(9-11-20)21-14-19(22-23(26)28-16-29-24(22)30-21)12-13-27-25(32)33-15-17-6-4-3-5-7-17/h3-11,14,16H,12-13,15H2,1-2H3,(H,27,32)(H2,26,28,29,30). The van der Waals surface area contributed by atoms with E-state index in [0.29, 0.717) is 29.8 Å². The van der Waals surface area contributed by atoms with Gasteiger partial charge >= 0.3 is 6.09 Å². The van der Waals surface area contributed by atoms with E-state index < -0.39 is 6.09 Å². The SMILES string of the molecule is CN(C)c1ccc(-c2cc(CCNC(=O)OCc3ccccc3)c3c(N)ncnc3n2)cc1. The lowest BCUT2D eigenvalue weighted by Gasteiger charge is -2.14. The van der Waals surface area contributed by atoms with Gasteiger partial charge in [-0.3, -0.25) is 0 Å². The van der Waals surface area contributed by atoms with Crippen molar-refractivity contribution >= 4 is 28.6 Å². The van der Waals surface area contributed by atoms with Crippen LogP contribution in [0.4, 0.5) is 16.3 Å². The summed E-state index contributed by atoms with van der Waals surface area (Å²) in [5.41, 5.74) is 11.4. The van der Waals surface area contributed by atoms with E-state index in [1.807, 2.05) is 79.7 Å². The van der Waals surface area contributed by atoms with Gasteiger partial charge in [-0.25, -0.2) is 19.7 Å². The van der Waals surface area contributed by atoms with Crippen molar-refractivity contribution in [1.82, 2.24) is 20.3 Å². The number of anilines is 2. The molecule has 0 saturated carbocycles. The smallest absolute Gasteiger partial charge is 0.407 e. The number of benzene rings is 2. The van der Waals surface area contributed by atoms with E-state index in [0.717, 1.165) is 28.1 Å². The summed E-state index contributed by atoms with van der Waals surface area (Å²) in [4.78, 5) is 27.3. The highest BCUT2D eigenvalue weighted by atomic mass is 16.5. The molecule has 0 bridgehead atoms. The van der Waals surface area contributed by atoms with Crippen molar-refractivity contribution in [2.24, 2.45) is 0 Å². The van der Waals surface area contributed by atoms with Crippen molar-refractivity contribution in [1.29, 1.82) is 0 Å². The number of rotatable bonds is 7. The van der Waals surface area contributed by atoms with Crippen LogP contribution in [-0.2, 0) is 17.8 Å². The molecule has 168 valence electrons. The average molecular weight is 443 g/mol. The van der Waals surface area contributed by atoms with Gasteiger partial charge in [0.25, 0.3) is 0 Å². The Bertz CT molecular complexity index is 1240. The predicted molar refractivity (Wildman–Crippen MR) is 130 cm³/mol. The van der Waals surface area contributed by atoms with E-state index in [4.69, 9.17) is 15.5 Å². The number of pyridine rings is 1. The molecule has 0 radical (unpaired) electrons. The normalized spacial score (nSPS) is 10.7. The molecule has 1 amide bonds. The molecule has 0 spiro atoms. The summed E-state index contributed by atoms with van der Waals surface area (Å²) in [5.74, 6) is 0.364. The summed E-state index contributed by atoms with van der Waals surface area (Å²) >= 11 is 0. The third-order valence-electron chi connectivity index (χ3n) is 5.27. The molecule has 2 heterocycles. The number of ether oxygens (including phenoxy) is 1. The molecule has 8 heteroatoms. The summed E-state index contributed by atoms with van der Waals surface area (Å²) in [6, 6.07) is 19.7. The maximum atomic E-state index is 12.1. The van der Waals surface area contributed by atoms with E-state index in [1.165, 1.54) is 6.33 Å². The Balaban J connectivity index is 1.50. The van der Waals surface area contributed by atoms with Crippen molar-refractivity contribution in [2.45, 2.75) is 13.0 Å². The van der Waals surface area contributed by atoms with Gasteiger partial charge in [0.15, 0.2) is 5.65 Å². The number of fused-ring (bicyclic) bond motifs is 1. The van der Waals surface area contributed by atoms with E-state index in [9.17, 15) is 4.79 Å². The van der Waals surface area contributed by atoms with Gasteiger partial charge in [-0.1, -0.05) is 42.5 Å². The predicted octanol–water partition coefficient (Wildman–Crippen LogP) is 3.81. The number of alkyl carbamates (subject to hydrolysis) is 1. The van der Waals surface area contributed by atoms with Crippen molar-refractivity contribution in [2.75, 3.05) is 31.3 Å². The van der Waals surface area contributed by atoms with Crippen molar-refractivity contribution < 1.29 is 9.53 Å². The Hall–Kier alpha value is -4.20. The Morgan fingerprint density at radius 2 is 1.82 bits per heavy atom. The minimum absolute atomic E-state index is 0.221. The number of carbonyl (C=O) groups excluding carboxylic acids is 1. The molecule has 0 atom stereocenters. The molecule has 0 unspecified atom stereocenters. The van der Waals surface area contributed by atoms with Crippen LogP contribution >= 0.6 is 0 Å². The van der Waals surface area contributed by atoms with Gasteiger partial charge in [0.1, 0.15) is 18.8 Å². The van der Waals surface area contributed by atoms with E-state index >= 15 is 0 Å². The van der Waals surface area contributed by atoms with Gasteiger partial charge < -0.3 is 20.7 Å². The molecule has 0 aliphatic carbocycles. The Kier molecular flexibility index (Phi) is 6.64. The zero-order valence-electron chi connectivity index (χ0n) is 18.7. The molecule has 4 aromatic rings. The Morgan fingerprint density at radius 3 is 2.55 bits per heavy atom. The van der Waals surface area contributed by atoms with Gasteiger partial charge in [-0.2, -0.15) is 0 Å². The summed E-state index contributed by atoms with van der Waals surface area (Å²) in [7, 11) is 4.00. The Labute approximate surface area is 192 Å². The van der Waals surface area contributed by atoms with Crippen LogP contribution in [0.3, 0.4) is 0 Å². The van der Waals surface area contributed by atoms with Crippen LogP contribution in [0.2, 0.25) is 0 Å². The van der Waals surface area contributed by atoms with Gasteiger partial charge in [0.2, 0.25) is 0 Å². The van der Waals surface area contributed by atoms with Gasteiger partial charge in [0.05, 0.1) is 11.1 Å². The lowest BCUT2D eigenvalue weighted by molar-refractivity contribution is 0.140. The van der Waals surface area contributed by atoms with Crippen molar-refractivity contribution in [3.8, 4) is 11.3 Å². The maximum absolute atomic E-state index is 12.1. The van der Waals surface area contributed by atoms with Crippen LogP contribution in [-0.4, -0.2) is 41.7 Å². The van der Waals surface area contributed by atoms with Gasteiger partial charge in [0, 0.05) is 31.9 Å². The summed E-state index contributed by atoms with van der Waals surface area (Å²) in [5, 5.41) is 3.50. The maximum Gasteiger partial charge on any atom is 0.407 e. The number of nitrogens with zero attached hydrogens (tertiary/aromatic N) is 4. The van der Waals surface area contributed by atoms with Crippen LogP contribution in [0.25, 0.3) is 22.3 Å². The molecule has 0 saturated heterocycles. The fraction of sp³-hybridized carbons (Fsp3) is 0.200. The minimum Gasteiger partial charge on any atom is -0.445 e. The average Bonchev–Trinajstić information content (AvgIpc) is 2.83. The molecule has 2 aromatic carbocycles. The number of hydrogen-bond donors (Lipinski definition) is 2. The highest BCUT2D eigenvalue weighted by Gasteiger charge is 2.13. The molecule has 0 aliphatic rings. The third kappa shape index (κ3) is 5.35. The lowest BCUT2D eigenvalue weighted by atomic mass is 10.0. The molecule has 0 fully saturated rings. The van der Waals surface area contributed by atoms with Crippen molar-refractivity contribution in [3.05, 3.63) is 78.1 Å². The van der Waals surface area contributed by atoms with Crippen LogP contribution in [0.5, 0.6) is 0 Å². The molecule has 2 aromatic heterocycles. The number of nitrogens with two attached hydrogens (primary N) is 1. The first-order valence-corrected chi connectivity index (χ1v) is 10.6. The van der Waals surface area contributed by atoms with Gasteiger partial charge in [-0.15, -0.1) is 0 Å². The monoisotopic (exact) mass is 442 g/mol. The molecule has 0 aliphatic heterocycles. The quantitative estimate of drug-likeness (QED) is 0.448. The summed E-state index contributed by atoms with van der Waals surface area (Å²) < 4.78 is 5.29. The zero-order chi connectivity index (χ0) is 23.2. The minimum atomic E-state index is -0.471. The molecular formula is C25H26N6O2. The number of nitrogen functional groups attached to an aromatic ring is 1. The second-order valence-corrected chi connectivity index (χ2v) is 7.80. The molecule has 8 nitrogen and oxygen atoms in total. The second-order valence-electron chi connectivity index (χ2n) is 7.80. The van der Waals surface area contributed by atoms with E-state index in [1.54, 1.807) is 0 Å². The van der Waals surface area contributed by atoms with Crippen LogP contribution in [0.15, 0.2) is 67.0 Å². The number of aromatic nitrogens is 3. The first-order valence-electron chi connectivity index (χ1n) is 10.6. The van der Waals surface area contributed by atoms with Crippen molar-refractivity contribution in [3.63, 3.8) is 0 Å².